The van der Waals surface area contributed by atoms with E-state index in [1.807, 2.05) is 37.8 Å². The molecule has 1 aliphatic rings. The lowest BCUT2D eigenvalue weighted by molar-refractivity contribution is -0.134. The van der Waals surface area contributed by atoms with Crippen molar-refractivity contribution in [2.75, 3.05) is 42.9 Å². The molecule has 1 aliphatic heterocycles. The fourth-order valence-corrected chi connectivity index (χ4v) is 2.29. The van der Waals surface area contributed by atoms with Crippen molar-refractivity contribution < 1.29 is 4.79 Å². The van der Waals surface area contributed by atoms with Gasteiger partial charge in [-0.25, -0.2) is 0 Å². The molecule has 0 radical (unpaired) electrons. The molecule has 110 valence electrons. The molecule has 20 heavy (non-hydrogen) atoms. The topological polar surface area (TPSA) is 61.4 Å². The SMILES string of the molecule is CCNc1ccc(N2CCN(C(=O)C(C)C)CC2)nn1. The third kappa shape index (κ3) is 3.37. The van der Waals surface area contributed by atoms with Crippen LogP contribution in [0.2, 0.25) is 0 Å². The summed E-state index contributed by atoms with van der Waals surface area (Å²) in [4.78, 5) is 16.0. The maximum absolute atomic E-state index is 11.9. The van der Waals surface area contributed by atoms with E-state index in [4.69, 9.17) is 0 Å². The summed E-state index contributed by atoms with van der Waals surface area (Å²) < 4.78 is 0. The van der Waals surface area contributed by atoms with Gasteiger partial charge in [0.15, 0.2) is 5.82 Å². The molecule has 1 aromatic heterocycles. The van der Waals surface area contributed by atoms with Gasteiger partial charge in [0.1, 0.15) is 5.82 Å². The average Bonchev–Trinajstić information content (AvgIpc) is 2.48. The third-order valence-electron chi connectivity index (χ3n) is 3.42. The highest BCUT2D eigenvalue weighted by molar-refractivity contribution is 5.78. The van der Waals surface area contributed by atoms with E-state index in [2.05, 4.69) is 20.4 Å². The average molecular weight is 277 g/mol. The Balaban J connectivity index is 1.91. The minimum atomic E-state index is 0.0701. The van der Waals surface area contributed by atoms with Gasteiger partial charge in [-0.1, -0.05) is 13.8 Å². The second kappa shape index (κ2) is 6.54. The van der Waals surface area contributed by atoms with Crippen molar-refractivity contribution in [1.82, 2.24) is 15.1 Å². The first-order valence-corrected chi connectivity index (χ1v) is 7.23. The van der Waals surface area contributed by atoms with Crippen molar-refractivity contribution in [3.63, 3.8) is 0 Å². The number of nitrogens with one attached hydrogen (secondary N) is 1. The van der Waals surface area contributed by atoms with Crippen LogP contribution in [0, 0.1) is 5.92 Å². The van der Waals surface area contributed by atoms with Gasteiger partial charge in [-0.3, -0.25) is 4.79 Å². The van der Waals surface area contributed by atoms with E-state index in [1.165, 1.54) is 0 Å². The third-order valence-corrected chi connectivity index (χ3v) is 3.42. The summed E-state index contributed by atoms with van der Waals surface area (Å²) >= 11 is 0. The molecule has 0 aliphatic carbocycles. The lowest BCUT2D eigenvalue weighted by Crippen LogP contribution is -2.50. The maximum Gasteiger partial charge on any atom is 0.225 e. The van der Waals surface area contributed by atoms with E-state index >= 15 is 0 Å². The van der Waals surface area contributed by atoms with Crippen LogP contribution in [0.4, 0.5) is 11.6 Å². The largest absolute Gasteiger partial charge is 0.369 e. The van der Waals surface area contributed by atoms with Gasteiger partial charge in [0, 0.05) is 38.6 Å². The highest BCUT2D eigenvalue weighted by Gasteiger charge is 2.23. The lowest BCUT2D eigenvalue weighted by Gasteiger charge is -2.36. The first-order chi connectivity index (χ1) is 9.61. The van der Waals surface area contributed by atoms with E-state index in [0.717, 1.165) is 44.4 Å². The van der Waals surface area contributed by atoms with Crippen LogP contribution in [-0.2, 0) is 4.79 Å². The highest BCUT2D eigenvalue weighted by atomic mass is 16.2. The molecule has 1 amide bonds. The summed E-state index contributed by atoms with van der Waals surface area (Å²) in [7, 11) is 0. The molecule has 1 fully saturated rings. The molecule has 0 atom stereocenters. The zero-order valence-electron chi connectivity index (χ0n) is 12.5. The van der Waals surface area contributed by atoms with E-state index in [-0.39, 0.29) is 11.8 Å². The van der Waals surface area contributed by atoms with Gasteiger partial charge in [0.05, 0.1) is 0 Å². The number of hydrogen-bond acceptors (Lipinski definition) is 5. The number of piperazine rings is 1. The molecule has 0 bridgehead atoms. The predicted molar refractivity (Wildman–Crippen MR) is 79.8 cm³/mol. The van der Waals surface area contributed by atoms with Gasteiger partial charge >= 0.3 is 0 Å². The van der Waals surface area contributed by atoms with E-state index in [9.17, 15) is 4.79 Å². The van der Waals surface area contributed by atoms with Crippen LogP contribution in [0.3, 0.4) is 0 Å². The Morgan fingerprint density at radius 2 is 1.95 bits per heavy atom. The second-order valence-corrected chi connectivity index (χ2v) is 5.27. The zero-order valence-corrected chi connectivity index (χ0v) is 12.5. The highest BCUT2D eigenvalue weighted by Crippen LogP contribution is 2.15. The predicted octanol–water partition coefficient (Wildman–Crippen LogP) is 1.21. The molecular formula is C14H23N5O. The minimum Gasteiger partial charge on any atom is -0.369 e. The Labute approximate surface area is 120 Å². The van der Waals surface area contributed by atoms with E-state index in [1.54, 1.807) is 0 Å². The minimum absolute atomic E-state index is 0.0701. The maximum atomic E-state index is 11.9. The quantitative estimate of drug-likeness (QED) is 0.896. The van der Waals surface area contributed by atoms with Crippen LogP contribution in [0.1, 0.15) is 20.8 Å². The summed E-state index contributed by atoms with van der Waals surface area (Å²) in [5.74, 6) is 1.98. The van der Waals surface area contributed by atoms with Gasteiger partial charge in [-0.05, 0) is 19.1 Å². The zero-order chi connectivity index (χ0) is 14.5. The van der Waals surface area contributed by atoms with Gasteiger partial charge in [0.2, 0.25) is 5.91 Å². The summed E-state index contributed by atoms with van der Waals surface area (Å²) in [6, 6.07) is 3.92. The van der Waals surface area contributed by atoms with Crippen LogP contribution >= 0.6 is 0 Å². The summed E-state index contributed by atoms with van der Waals surface area (Å²) in [5.41, 5.74) is 0. The fourth-order valence-electron chi connectivity index (χ4n) is 2.29. The summed E-state index contributed by atoms with van der Waals surface area (Å²) in [5, 5.41) is 11.5. The van der Waals surface area contributed by atoms with E-state index < -0.39 is 0 Å². The van der Waals surface area contributed by atoms with E-state index in [0.29, 0.717) is 0 Å². The molecule has 6 heteroatoms. The molecular weight excluding hydrogens is 254 g/mol. The molecule has 2 heterocycles. The Kier molecular flexibility index (Phi) is 4.76. The van der Waals surface area contributed by atoms with Gasteiger partial charge in [0.25, 0.3) is 0 Å². The standard InChI is InChI=1S/C14H23N5O/c1-4-15-12-5-6-13(17-16-12)18-7-9-19(10-8-18)14(20)11(2)3/h5-6,11H,4,7-10H2,1-3H3,(H,15,16). The van der Waals surface area contributed by atoms with Crippen molar-refractivity contribution in [2.24, 2.45) is 5.92 Å². The molecule has 0 spiro atoms. The number of rotatable bonds is 4. The normalized spacial score (nSPS) is 15.6. The Morgan fingerprint density at radius 3 is 2.45 bits per heavy atom. The van der Waals surface area contributed by atoms with Crippen molar-refractivity contribution in [3.05, 3.63) is 12.1 Å². The Bertz CT molecular complexity index is 437. The lowest BCUT2D eigenvalue weighted by atomic mass is 10.1. The molecule has 0 unspecified atom stereocenters. The molecule has 6 nitrogen and oxygen atoms in total. The van der Waals surface area contributed by atoms with Crippen molar-refractivity contribution in [2.45, 2.75) is 20.8 Å². The van der Waals surface area contributed by atoms with Crippen LogP contribution < -0.4 is 10.2 Å². The Hall–Kier alpha value is -1.85. The van der Waals surface area contributed by atoms with Crippen LogP contribution in [0.15, 0.2) is 12.1 Å². The van der Waals surface area contributed by atoms with Crippen LogP contribution in [-0.4, -0.2) is 53.7 Å². The van der Waals surface area contributed by atoms with Gasteiger partial charge < -0.3 is 15.1 Å². The Morgan fingerprint density at radius 1 is 1.25 bits per heavy atom. The number of aromatic nitrogens is 2. The first kappa shape index (κ1) is 14.6. The monoisotopic (exact) mass is 277 g/mol. The number of nitrogens with zero attached hydrogens (tertiary/aromatic N) is 4. The molecule has 0 aromatic carbocycles. The summed E-state index contributed by atoms with van der Waals surface area (Å²) in [6.45, 7) is 9.90. The number of carbonyl (C=O) groups is 1. The van der Waals surface area contributed by atoms with Crippen molar-refractivity contribution in [1.29, 1.82) is 0 Å². The summed E-state index contributed by atoms with van der Waals surface area (Å²) in [6.07, 6.45) is 0. The van der Waals surface area contributed by atoms with Gasteiger partial charge in [-0.15, -0.1) is 10.2 Å². The number of carbonyl (C=O) groups excluding carboxylic acids is 1. The smallest absolute Gasteiger partial charge is 0.225 e. The second-order valence-electron chi connectivity index (χ2n) is 5.27. The first-order valence-electron chi connectivity index (χ1n) is 7.23. The van der Waals surface area contributed by atoms with Crippen molar-refractivity contribution in [3.8, 4) is 0 Å². The number of anilines is 2. The fraction of sp³-hybridized carbons (Fsp3) is 0.643. The number of amides is 1. The van der Waals surface area contributed by atoms with Crippen LogP contribution in [0.5, 0.6) is 0 Å². The molecule has 1 saturated heterocycles. The molecule has 0 saturated carbocycles. The molecule has 2 rings (SSSR count). The number of hydrogen-bond donors (Lipinski definition) is 1. The molecule has 1 N–H and O–H groups in total. The molecule has 1 aromatic rings. The van der Waals surface area contributed by atoms with Crippen LogP contribution in [0.25, 0.3) is 0 Å². The van der Waals surface area contributed by atoms with Crippen molar-refractivity contribution >= 4 is 17.5 Å². The van der Waals surface area contributed by atoms with Gasteiger partial charge in [-0.2, -0.15) is 0 Å².